The van der Waals surface area contributed by atoms with Gasteiger partial charge >= 0.3 is 5.82 Å². The average molecular weight is 130 g/mol. The van der Waals surface area contributed by atoms with Crippen molar-refractivity contribution < 1.29 is 13.6 Å². The van der Waals surface area contributed by atoms with E-state index in [-0.39, 0.29) is 6.61 Å². The van der Waals surface area contributed by atoms with E-state index in [1.54, 1.807) is 0 Å². The molecule has 0 bridgehead atoms. The first-order valence-corrected chi connectivity index (χ1v) is 2.39. The van der Waals surface area contributed by atoms with Crippen LogP contribution in [0.3, 0.4) is 0 Å². The minimum atomic E-state index is -0.693. The van der Waals surface area contributed by atoms with Crippen molar-refractivity contribution in [3.8, 4) is 0 Å². The van der Waals surface area contributed by atoms with Crippen molar-refractivity contribution in [2.45, 2.75) is 6.61 Å². The van der Waals surface area contributed by atoms with Crippen molar-refractivity contribution in [1.82, 2.24) is 0 Å². The van der Waals surface area contributed by atoms with Crippen molar-refractivity contribution in [2.24, 2.45) is 0 Å². The van der Waals surface area contributed by atoms with Gasteiger partial charge in [0.15, 0.2) is 5.76 Å². The molecule has 0 aliphatic rings. The van der Waals surface area contributed by atoms with Crippen LogP contribution in [0.4, 0.5) is 0 Å². The van der Waals surface area contributed by atoms with E-state index in [9.17, 15) is 4.79 Å². The number of hydrogen-bond donors (Lipinski definition) is 0. The summed E-state index contributed by atoms with van der Waals surface area (Å²) < 4.78 is 13.4. The lowest BCUT2D eigenvalue weighted by Crippen LogP contribution is -1.88. The molecular formula is C5H6O4. The van der Waals surface area contributed by atoms with Gasteiger partial charge < -0.3 is 13.6 Å². The first-order chi connectivity index (χ1) is 4.33. The molecule has 50 valence electrons. The SMILES string of the molecule is COCc1coc(=O)o1. The molecule has 0 aromatic carbocycles. The molecule has 0 radical (unpaired) electrons. The maximum absolute atomic E-state index is 10.2. The number of rotatable bonds is 2. The Bertz CT molecular complexity index is 221. The van der Waals surface area contributed by atoms with Crippen LogP contribution in [-0.4, -0.2) is 7.11 Å². The molecule has 0 fully saturated rings. The standard InChI is InChI=1S/C5H6O4/c1-7-2-4-3-8-5(6)9-4/h3H,2H2,1H3. The number of hydrogen-bond acceptors (Lipinski definition) is 4. The average Bonchev–Trinajstić information content (AvgIpc) is 2.17. The summed E-state index contributed by atoms with van der Waals surface area (Å²) in [4.78, 5) is 10.2. The van der Waals surface area contributed by atoms with Gasteiger partial charge in [-0.15, -0.1) is 0 Å². The second-order valence-corrected chi connectivity index (χ2v) is 1.49. The summed E-state index contributed by atoms with van der Waals surface area (Å²) >= 11 is 0. The highest BCUT2D eigenvalue weighted by Crippen LogP contribution is 1.94. The van der Waals surface area contributed by atoms with E-state index < -0.39 is 5.82 Å². The smallest absolute Gasteiger partial charge is 0.399 e. The molecule has 0 N–H and O–H groups in total. The Kier molecular flexibility index (Phi) is 1.69. The van der Waals surface area contributed by atoms with E-state index in [1.165, 1.54) is 13.4 Å². The van der Waals surface area contributed by atoms with Gasteiger partial charge in [0.1, 0.15) is 12.9 Å². The van der Waals surface area contributed by atoms with Gasteiger partial charge in [0.25, 0.3) is 0 Å². The van der Waals surface area contributed by atoms with Gasteiger partial charge in [-0.25, -0.2) is 4.79 Å². The first kappa shape index (κ1) is 6.10. The third-order valence-electron chi connectivity index (χ3n) is 0.788. The fourth-order valence-corrected chi connectivity index (χ4v) is 0.475. The predicted molar refractivity (Wildman–Crippen MR) is 28.0 cm³/mol. The van der Waals surface area contributed by atoms with E-state index in [4.69, 9.17) is 0 Å². The molecule has 9 heavy (non-hydrogen) atoms. The van der Waals surface area contributed by atoms with Crippen LogP contribution in [0.1, 0.15) is 5.76 Å². The zero-order chi connectivity index (χ0) is 6.69. The molecule has 0 aliphatic carbocycles. The van der Waals surface area contributed by atoms with Gasteiger partial charge in [-0.1, -0.05) is 0 Å². The van der Waals surface area contributed by atoms with Crippen LogP contribution in [-0.2, 0) is 11.3 Å². The van der Waals surface area contributed by atoms with Crippen molar-refractivity contribution in [1.29, 1.82) is 0 Å². The molecule has 4 nitrogen and oxygen atoms in total. The summed E-state index contributed by atoms with van der Waals surface area (Å²) in [5.74, 6) is -0.287. The molecule has 1 heterocycles. The van der Waals surface area contributed by atoms with Crippen LogP contribution in [0.5, 0.6) is 0 Å². The van der Waals surface area contributed by atoms with E-state index in [0.717, 1.165) is 0 Å². The molecule has 0 saturated heterocycles. The van der Waals surface area contributed by atoms with Gasteiger partial charge in [0, 0.05) is 7.11 Å². The summed E-state index contributed by atoms with van der Waals surface area (Å²) in [6.07, 6.45) is 1.23. The molecular weight excluding hydrogens is 124 g/mol. The Hall–Kier alpha value is -1.03. The number of methoxy groups -OCH3 is 1. The van der Waals surface area contributed by atoms with E-state index in [2.05, 4.69) is 13.6 Å². The fourth-order valence-electron chi connectivity index (χ4n) is 0.475. The summed E-state index contributed by atoms with van der Waals surface area (Å²) in [7, 11) is 1.51. The zero-order valence-electron chi connectivity index (χ0n) is 4.92. The first-order valence-electron chi connectivity index (χ1n) is 2.39. The van der Waals surface area contributed by atoms with Crippen LogP contribution in [0.15, 0.2) is 19.9 Å². The molecule has 1 rings (SSSR count). The Morgan fingerprint density at radius 3 is 3.00 bits per heavy atom. The van der Waals surface area contributed by atoms with Gasteiger partial charge in [-0.05, 0) is 0 Å². The van der Waals surface area contributed by atoms with Crippen LogP contribution in [0.2, 0.25) is 0 Å². The lowest BCUT2D eigenvalue weighted by molar-refractivity contribution is 0.162. The maximum atomic E-state index is 10.2. The second kappa shape index (κ2) is 2.50. The van der Waals surface area contributed by atoms with Gasteiger partial charge in [-0.2, -0.15) is 0 Å². The van der Waals surface area contributed by atoms with Crippen molar-refractivity contribution >= 4 is 0 Å². The van der Waals surface area contributed by atoms with Crippen LogP contribution in [0, 0.1) is 0 Å². The summed E-state index contributed by atoms with van der Waals surface area (Å²) in [6.45, 7) is 0.270. The quantitative estimate of drug-likeness (QED) is 0.580. The largest absolute Gasteiger partial charge is 0.518 e. The molecule has 0 unspecified atom stereocenters. The second-order valence-electron chi connectivity index (χ2n) is 1.49. The van der Waals surface area contributed by atoms with Gasteiger partial charge in [-0.3, -0.25) is 0 Å². The van der Waals surface area contributed by atoms with Crippen LogP contribution >= 0.6 is 0 Å². The highest BCUT2D eigenvalue weighted by molar-refractivity contribution is 4.80. The summed E-state index contributed by atoms with van der Waals surface area (Å²) in [6, 6.07) is 0. The van der Waals surface area contributed by atoms with Crippen molar-refractivity contribution in [2.75, 3.05) is 7.11 Å². The van der Waals surface area contributed by atoms with E-state index in [0.29, 0.717) is 5.76 Å². The lowest BCUT2D eigenvalue weighted by atomic mass is 10.6. The van der Waals surface area contributed by atoms with Crippen LogP contribution < -0.4 is 5.82 Å². The van der Waals surface area contributed by atoms with Crippen molar-refractivity contribution in [3.63, 3.8) is 0 Å². The summed E-state index contributed by atoms with van der Waals surface area (Å²) in [5.41, 5.74) is 0. The normalized spacial score (nSPS) is 9.89. The molecule has 1 aromatic heterocycles. The molecule has 0 aliphatic heterocycles. The van der Waals surface area contributed by atoms with Gasteiger partial charge in [0.05, 0.1) is 0 Å². The molecule has 4 heteroatoms. The third kappa shape index (κ3) is 1.43. The Morgan fingerprint density at radius 1 is 1.78 bits per heavy atom. The molecule has 0 amide bonds. The monoisotopic (exact) mass is 130 g/mol. The van der Waals surface area contributed by atoms with Crippen LogP contribution in [0.25, 0.3) is 0 Å². The maximum Gasteiger partial charge on any atom is 0.518 e. The van der Waals surface area contributed by atoms with Gasteiger partial charge in [0.2, 0.25) is 0 Å². The van der Waals surface area contributed by atoms with Crippen molar-refractivity contribution in [3.05, 3.63) is 22.6 Å². The van der Waals surface area contributed by atoms with E-state index in [1.807, 2.05) is 0 Å². The predicted octanol–water partition coefficient (Wildman–Crippen LogP) is 0.379. The Balaban J connectivity index is 2.73. The zero-order valence-corrected chi connectivity index (χ0v) is 4.92. The highest BCUT2D eigenvalue weighted by atomic mass is 16.6. The molecule has 1 aromatic rings. The molecule has 0 atom stereocenters. The highest BCUT2D eigenvalue weighted by Gasteiger charge is 1.97. The molecule has 0 saturated carbocycles. The lowest BCUT2D eigenvalue weighted by Gasteiger charge is -1.86. The fraction of sp³-hybridized carbons (Fsp3) is 0.400. The number of ether oxygens (including phenoxy) is 1. The summed E-state index contributed by atoms with van der Waals surface area (Å²) in [5, 5.41) is 0. The minimum Gasteiger partial charge on any atom is -0.399 e. The Labute approximate surface area is 51.0 Å². The third-order valence-corrected chi connectivity index (χ3v) is 0.788. The van der Waals surface area contributed by atoms with E-state index >= 15 is 0 Å². The minimum absolute atomic E-state index is 0.270. The Morgan fingerprint density at radius 2 is 2.56 bits per heavy atom. The molecule has 0 spiro atoms. The topological polar surface area (TPSA) is 52.6 Å².